The van der Waals surface area contributed by atoms with Crippen LogP contribution in [0.3, 0.4) is 0 Å². The molecule has 1 N–H and O–H groups in total. The monoisotopic (exact) mass is 380 g/mol. The summed E-state index contributed by atoms with van der Waals surface area (Å²) in [5.74, 6) is -0.773. The molecule has 3 rings (SSSR count). The van der Waals surface area contributed by atoms with E-state index in [9.17, 15) is 9.59 Å². The largest absolute Gasteiger partial charge is 0.478 e. The van der Waals surface area contributed by atoms with E-state index >= 15 is 0 Å². The number of benzene rings is 2. The highest BCUT2D eigenvalue weighted by Gasteiger charge is 2.45. The molecule has 1 aliphatic rings. The van der Waals surface area contributed by atoms with Gasteiger partial charge in [0.05, 0.1) is 5.56 Å². The zero-order valence-corrected chi connectivity index (χ0v) is 16.8. The van der Waals surface area contributed by atoms with Crippen LogP contribution in [0.2, 0.25) is 0 Å². The molecule has 0 saturated heterocycles. The van der Waals surface area contributed by atoms with E-state index in [4.69, 9.17) is 9.84 Å². The van der Waals surface area contributed by atoms with Crippen molar-refractivity contribution in [2.45, 2.75) is 52.6 Å². The van der Waals surface area contributed by atoms with Crippen LogP contribution in [-0.2, 0) is 22.4 Å². The van der Waals surface area contributed by atoms with Crippen LogP contribution in [0, 0.1) is 11.3 Å². The number of fused-ring (bicyclic) bond motifs is 1. The van der Waals surface area contributed by atoms with Crippen molar-refractivity contribution < 1.29 is 19.4 Å². The molecule has 0 saturated carbocycles. The van der Waals surface area contributed by atoms with Gasteiger partial charge in [-0.15, -0.1) is 0 Å². The second kappa shape index (κ2) is 8.17. The van der Waals surface area contributed by atoms with E-state index in [1.807, 2.05) is 24.3 Å². The summed E-state index contributed by atoms with van der Waals surface area (Å²) in [6, 6.07) is 15.1. The number of aromatic carboxylic acids is 1. The molecule has 2 aromatic rings. The van der Waals surface area contributed by atoms with Crippen LogP contribution in [0.1, 0.15) is 66.8 Å². The van der Waals surface area contributed by atoms with Crippen molar-refractivity contribution in [2.75, 3.05) is 0 Å². The molecule has 2 aromatic carbocycles. The first-order valence-electron chi connectivity index (χ1n) is 9.92. The van der Waals surface area contributed by atoms with Gasteiger partial charge in [0, 0.05) is 11.8 Å². The highest BCUT2D eigenvalue weighted by atomic mass is 16.5. The van der Waals surface area contributed by atoms with E-state index in [2.05, 4.69) is 32.9 Å². The number of carbonyl (C=O) groups excluding carboxylic acids is 1. The molecule has 3 unspecified atom stereocenters. The van der Waals surface area contributed by atoms with Crippen molar-refractivity contribution >= 4 is 11.9 Å². The number of rotatable bonds is 7. The van der Waals surface area contributed by atoms with Gasteiger partial charge in [0.25, 0.3) is 0 Å². The van der Waals surface area contributed by atoms with E-state index in [0.717, 1.165) is 24.0 Å². The summed E-state index contributed by atoms with van der Waals surface area (Å²) in [4.78, 5) is 23.6. The highest BCUT2D eigenvalue weighted by Crippen LogP contribution is 2.49. The van der Waals surface area contributed by atoms with Crippen molar-refractivity contribution in [2.24, 2.45) is 11.3 Å². The van der Waals surface area contributed by atoms with Gasteiger partial charge >= 0.3 is 11.9 Å². The summed E-state index contributed by atoms with van der Waals surface area (Å²) in [6.07, 6.45) is 2.62. The first-order valence-corrected chi connectivity index (χ1v) is 9.92. The molecule has 148 valence electrons. The predicted octanol–water partition coefficient (Wildman–Crippen LogP) is 5.21. The molecule has 0 fully saturated rings. The maximum atomic E-state index is 12.6. The Bertz CT molecular complexity index is 855. The Kier molecular flexibility index (Phi) is 5.87. The molecule has 4 heteroatoms. The second-order valence-corrected chi connectivity index (χ2v) is 8.30. The first-order chi connectivity index (χ1) is 13.3. The Balaban J connectivity index is 1.84. The molecule has 0 heterocycles. The molecule has 0 amide bonds. The van der Waals surface area contributed by atoms with Crippen LogP contribution in [0.15, 0.2) is 48.5 Å². The summed E-state index contributed by atoms with van der Waals surface area (Å²) in [7, 11) is 0. The zero-order valence-electron chi connectivity index (χ0n) is 16.8. The summed E-state index contributed by atoms with van der Waals surface area (Å²) >= 11 is 0. The lowest BCUT2D eigenvalue weighted by molar-refractivity contribution is -0.156. The molecule has 0 spiro atoms. The molecule has 0 aromatic heterocycles. The Morgan fingerprint density at radius 1 is 1.18 bits per heavy atom. The Hall–Kier alpha value is -2.62. The standard InChI is InChI=1S/C24H28O4/c1-4-16(2)13-21(25)28-22-20-8-6-5-7-19(20)15-24(22,3)14-17-9-11-18(12-10-17)23(26)27/h5-12,16,22H,4,13-15H2,1-3H3,(H,26,27). The van der Waals surface area contributed by atoms with Gasteiger partial charge in [0.1, 0.15) is 6.10 Å². The normalized spacial score (nSPS) is 21.8. The number of ether oxygens (including phenoxy) is 1. The maximum Gasteiger partial charge on any atom is 0.335 e. The fourth-order valence-corrected chi connectivity index (χ4v) is 4.05. The van der Waals surface area contributed by atoms with Gasteiger partial charge < -0.3 is 9.84 Å². The van der Waals surface area contributed by atoms with Crippen molar-refractivity contribution in [3.05, 3.63) is 70.8 Å². The number of esters is 1. The van der Waals surface area contributed by atoms with Crippen molar-refractivity contribution in [1.29, 1.82) is 0 Å². The summed E-state index contributed by atoms with van der Waals surface area (Å²) in [5, 5.41) is 9.10. The molecule has 0 aliphatic heterocycles. The smallest absolute Gasteiger partial charge is 0.335 e. The summed E-state index contributed by atoms with van der Waals surface area (Å²) in [5.41, 5.74) is 3.36. The van der Waals surface area contributed by atoms with Gasteiger partial charge in [-0.2, -0.15) is 0 Å². The third-order valence-electron chi connectivity index (χ3n) is 5.84. The lowest BCUT2D eigenvalue weighted by Crippen LogP contribution is -2.29. The molecule has 1 aliphatic carbocycles. The molecule has 0 radical (unpaired) electrons. The average Bonchev–Trinajstić information content (AvgIpc) is 2.93. The van der Waals surface area contributed by atoms with Gasteiger partial charge in [-0.3, -0.25) is 4.79 Å². The van der Waals surface area contributed by atoms with Crippen molar-refractivity contribution in [1.82, 2.24) is 0 Å². The quantitative estimate of drug-likeness (QED) is 0.670. The number of carboxylic acid groups (broad SMARTS) is 1. The lowest BCUT2D eigenvalue weighted by atomic mass is 9.78. The molecular weight excluding hydrogens is 352 g/mol. The molecule has 4 nitrogen and oxygen atoms in total. The van der Waals surface area contributed by atoms with E-state index < -0.39 is 5.97 Å². The SMILES string of the molecule is CCC(C)CC(=O)OC1c2ccccc2CC1(C)Cc1ccc(C(=O)O)cc1. The van der Waals surface area contributed by atoms with Gasteiger partial charge in [0.15, 0.2) is 0 Å². The van der Waals surface area contributed by atoms with Crippen LogP contribution >= 0.6 is 0 Å². The Morgan fingerprint density at radius 2 is 1.86 bits per heavy atom. The van der Waals surface area contributed by atoms with Gasteiger partial charge in [-0.05, 0) is 47.6 Å². The fourth-order valence-electron chi connectivity index (χ4n) is 4.05. The number of carbonyl (C=O) groups is 2. The summed E-state index contributed by atoms with van der Waals surface area (Å²) in [6.45, 7) is 6.29. The summed E-state index contributed by atoms with van der Waals surface area (Å²) < 4.78 is 6.03. The van der Waals surface area contributed by atoms with Crippen molar-refractivity contribution in [3.8, 4) is 0 Å². The minimum Gasteiger partial charge on any atom is -0.478 e. The fraction of sp³-hybridized carbons (Fsp3) is 0.417. The lowest BCUT2D eigenvalue weighted by Gasteiger charge is -2.32. The molecule has 0 bridgehead atoms. The second-order valence-electron chi connectivity index (χ2n) is 8.30. The van der Waals surface area contributed by atoms with Gasteiger partial charge in [-0.25, -0.2) is 4.79 Å². The Labute approximate surface area is 166 Å². The highest BCUT2D eigenvalue weighted by molar-refractivity contribution is 5.87. The predicted molar refractivity (Wildman–Crippen MR) is 108 cm³/mol. The van der Waals surface area contributed by atoms with Gasteiger partial charge in [-0.1, -0.05) is 63.6 Å². The van der Waals surface area contributed by atoms with E-state index in [0.29, 0.717) is 18.8 Å². The topological polar surface area (TPSA) is 63.6 Å². The maximum absolute atomic E-state index is 12.6. The van der Waals surface area contributed by atoms with E-state index in [1.54, 1.807) is 12.1 Å². The van der Waals surface area contributed by atoms with Gasteiger partial charge in [0.2, 0.25) is 0 Å². The number of hydrogen-bond acceptors (Lipinski definition) is 3. The first kappa shape index (κ1) is 20.1. The number of hydrogen-bond donors (Lipinski definition) is 1. The van der Waals surface area contributed by atoms with Crippen LogP contribution in [0.5, 0.6) is 0 Å². The minimum atomic E-state index is -0.928. The third-order valence-corrected chi connectivity index (χ3v) is 5.84. The molecule has 3 atom stereocenters. The van der Waals surface area contributed by atoms with Crippen LogP contribution in [0.4, 0.5) is 0 Å². The molecule has 28 heavy (non-hydrogen) atoms. The van der Waals surface area contributed by atoms with Crippen LogP contribution in [-0.4, -0.2) is 17.0 Å². The van der Waals surface area contributed by atoms with E-state index in [1.165, 1.54) is 5.56 Å². The third kappa shape index (κ3) is 4.27. The van der Waals surface area contributed by atoms with Crippen LogP contribution < -0.4 is 0 Å². The van der Waals surface area contributed by atoms with Crippen LogP contribution in [0.25, 0.3) is 0 Å². The average molecular weight is 380 g/mol. The zero-order chi connectivity index (χ0) is 20.3. The van der Waals surface area contributed by atoms with E-state index in [-0.39, 0.29) is 23.1 Å². The number of carboxylic acids is 1. The molecular formula is C24H28O4. The Morgan fingerprint density at radius 3 is 2.50 bits per heavy atom. The van der Waals surface area contributed by atoms with Crippen molar-refractivity contribution in [3.63, 3.8) is 0 Å². The minimum absolute atomic E-state index is 0.150.